The zero-order valence-corrected chi connectivity index (χ0v) is 18.5. The molecule has 0 aliphatic carbocycles. The van der Waals surface area contributed by atoms with Gasteiger partial charge in [0.1, 0.15) is 18.3 Å². The zero-order chi connectivity index (χ0) is 23.0. The molecule has 1 heterocycles. The maximum Gasteiger partial charge on any atom is 0.244 e. The van der Waals surface area contributed by atoms with E-state index >= 15 is 0 Å². The van der Waals surface area contributed by atoms with E-state index in [4.69, 9.17) is 0 Å². The van der Waals surface area contributed by atoms with Crippen LogP contribution in [0.15, 0.2) is 36.4 Å². The van der Waals surface area contributed by atoms with Crippen LogP contribution in [-0.2, 0) is 28.0 Å². The number of sulfonamides is 1. The molecule has 0 atom stereocenters. The molecule has 10 heteroatoms. The van der Waals surface area contributed by atoms with Crippen LogP contribution < -0.4 is 14.9 Å². The number of hydrogen-bond donors (Lipinski definition) is 2. The summed E-state index contributed by atoms with van der Waals surface area (Å²) in [6.07, 6.45) is 3.85. The molecule has 2 aromatic rings. The first-order valence-electron chi connectivity index (χ1n) is 9.69. The van der Waals surface area contributed by atoms with Gasteiger partial charge in [0, 0.05) is 31.3 Å². The van der Waals surface area contributed by atoms with Gasteiger partial charge in [0.15, 0.2) is 0 Å². The standard InChI is InChI=1S/C21H26F2N4O3S/c1-4-27(5-2)21-16(7-9-17(13-22)25-21)8-11-20(28)24-14-15-6-10-19(18(23)12-15)26-31(3,29)30/h6-12,26H,4-5,13-14H2,1-3H3,(H,24,28)/b11-8+. The van der Waals surface area contributed by atoms with Crippen LogP contribution in [-0.4, -0.2) is 38.7 Å². The van der Waals surface area contributed by atoms with Gasteiger partial charge >= 0.3 is 0 Å². The average molecular weight is 453 g/mol. The molecule has 1 amide bonds. The lowest BCUT2D eigenvalue weighted by Crippen LogP contribution is -2.24. The Bertz CT molecular complexity index is 1050. The highest BCUT2D eigenvalue weighted by Crippen LogP contribution is 2.21. The minimum Gasteiger partial charge on any atom is -0.357 e. The summed E-state index contributed by atoms with van der Waals surface area (Å²) in [7, 11) is -3.59. The zero-order valence-electron chi connectivity index (χ0n) is 17.7. The molecule has 31 heavy (non-hydrogen) atoms. The van der Waals surface area contributed by atoms with Crippen LogP contribution >= 0.6 is 0 Å². The lowest BCUT2D eigenvalue weighted by atomic mass is 10.2. The van der Waals surface area contributed by atoms with Gasteiger partial charge in [-0.1, -0.05) is 6.07 Å². The molecule has 0 aliphatic rings. The predicted octanol–water partition coefficient (Wildman–Crippen LogP) is 3.24. The second-order valence-electron chi connectivity index (χ2n) is 6.76. The van der Waals surface area contributed by atoms with Crippen molar-refractivity contribution >= 4 is 33.5 Å². The number of hydrogen-bond acceptors (Lipinski definition) is 5. The van der Waals surface area contributed by atoms with Crippen molar-refractivity contribution in [1.82, 2.24) is 10.3 Å². The fourth-order valence-corrected chi connectivity index (χ4v) is 3.41. The molecule has 168 valence electrons. The van der Waals surface area contributed by atoms with Gasteiger partial charge in [0.2, 0.25) is 15.9 Å². The van der Waals surface area contributed by atoms with E-state index in [2.05, 4.69) is 15.0 Å². The molecular formula is C21H26F2N4O3S. The molecule has 0 bridgehead atoms. The Morgan fingerprint density at radius 2 is 1.90 bits per heavy atom. The third kappa shape index (κ3) is 7.32. The van der Waals surface area contributed by atoms with E-state index in [1.165, 1.54) is 18.2 Å². The van der Waals surface area contributed by atoms with E-state index in [9.17, 15) is 22.0 Å². The summed E-state index contributed by atoms with van der Waals surface area (Å²) < 4.78 is 51.5. The van der Waals surface area contributed by atoms with Crippen molar-refractivity contribution in [2.75, 3.05) is 29.0 Å². The average Bonchev–Trinajstić information content (AvgIpc) is 2.73. The summed E-state index contributed by atoms with van der Waals surface area (Å²) in [6, 6.07) is 7.23. The van der Waals surface area contributed by atoms with Crippen LogP contribution in [0.1, 0.15) is 30.7 Å². The third-order valence-electron chi connectivity index (χ3n) is 4.37. The highest BCUT2D eigenvalue weighted by molar-refractivity contribution is 7.92. The van der Waals surface area contributed by atoms with Crippen molar-refractivity contribution in [2.24, 2.45) is 0 Å². The van der Waals surface area contributed by atoms with Gasteiger partial charge < -0.3 is 10.2 Å². The van der Waals surface area contributed by atoms with Crippen LogP contribution in [0, 0.1) is 5.82 Å². The van der Waals surface area contributed by atoms with Gasteiger partial charge in [0.25, 0.3) is 0 Å². The summed E-state index contributed by atoms with van der Waals surface area (Å²) in [5.74, 6) is -0.547. The normalized spacial score (nSPS) is 11.5. The summed E-state index contributed by atoms with van der Waals surface area (Å²) >= 11 is 0. The minimum atomic E-state index is -3.59. The number of nitrogens with zero attached hydrogens (tertiary/aromatic N) is 2. The number of anilines is 2. The Labute approximate surface area is 181 Å². The van der Waals surface area contributed by atoms with Crippen molar-refractivity contribution in [3.8, 4) is 0 Å². The Morgan fingerprint density at radius 3 is 2.48 bits per heavy atom. The topological polar surface area (TPSA) is 91.4 Å². The number of carbonyl (C=O) groups is 1. The van der Waals surface area contributed by atoms with Gasteiger partial charge in [0.05, 0.1) is 17.6 Å². The Hall–Kier alpha value is -3.01. The van der Waals surface area contributed by atoms with Gasteiger partial charge in [-0.25, -0.2) is 22.2 Å². The molecule has 0 spiro atoms. The fraction of sp³-hybridized carbons (Fsp3) is 0.333. The number of amides is 1. The first-order valence-corrected chi connectivity index (χ1v) is 11.6. The highest BCUT2D eigenvalue weighted by Gasteiger charge is 2.11. The molecule has 1 aromatic carbocycles. The number of carbonyl (C=O) groups excluding carboxylic acids is 1. The molecule has 0 unspecified atom stereocenters. The number of nitrogens with one attached hydrogen (secondary N) is 2. The lowest BCUT2D eigenvalue weighted by Gasteiger charge is -2.22. The first-order chi connectivity index (χ1) is 14.7. The Kier molecular flexibility index (Phi) is 8.49. The molecule has 0 fully saturated rings. The third-order valence-corrected chi connectivity index (χ3v) is 4.96. The number of benzene rings is 1. The molecular weight excluding hydrogens is 426 g/mol. The molecule has 1 aromatic heterocycles. The molecule has 0 aliphatic heterocycles. The number of aromatic nitrogens is 1. The van der Waals surface area contributed by atoms with Crippen molar-refractivity contribution in [2.45, 2.75) is 27.1 Å². The summed E-state index contributed by atoms with van der Waals surface area (Å²) in [6.45, 7) is 4.67. The fourth-order valence-electron chi connectivity index (χ4n) is 2.84. The van der Waals surface area contributed by atoms with E-state index in [0.717, 1.165) is 12.3 Å². The SMILES string of the molecule is CCN(CC)c1nc(CF)ccc1/C=C/C(=O)NCc1ccc(NS(C)(=O)=O)c(F)c1. The van der Waals surface area contributed by atoms with E-state index in [1.54, 1.807) is 18.2 Å². The number of alkyl halides is 1. The number of halogens is 2. The van der Waals surface area contributed by atoms with Gasteiger partial charge in [-0.3, -0.25) is 9.52 Å². The van der Waals surface area contributed by atoms with Gasteiger partial charge in [-0.15, -0.1) is 0 Å². The van der Waals surface area contributed by atoms with Crippen molar-refractivity contribution in [3.63, 3.8) is 0 Å². The van der Waals surface area contributed by atoms with E-state index in [0.29, 0.717) is 35.7 Å². The first kappa shape index (κ1) is 24.3. The highest BCUT2D eigenvalue weighted by atomic mass is 32.2. The van der Waals surface area contributed by atoms with Crippen LogP contribution in [0.2, 0.25) is 0 Å². The summed E-state index contributed by atoms with van der Waals surface area (Å²) in [5, 5.41) is 2.64. The quantitative estimate of drug-likeness (QED) is 0.540. The summed E-state index contributed by atoms with van der Waals surface area (Å²) in [5.41, 5.74) is 1.30. The minimum absolute atomic E-state index is 0.0567. The smallest absolute Gasteiger partial charge is 0.244 e. The maximum absolute atomic E-state index is 14.0. The predicted molar refractivity (Wildman–Crippen MR) is 118 cm³/mol. The Balaban J connectivity index is 2.07. The molecule has 7 nitrogen and oxygen atoms in total. The lowest BCUT2D eigenvalue weighted by molar-refractivity contribution is -0.116. The number of rotatable bonds is 10. The van der Waals surface area contributed by atoms with Crippen LogP contribution in [0.5, 0.6) is 0 Å². The van der Waals surface area contributed by atoms with E-state index in [-0.39, 0.29) is 12.2 Å². The number of pyridine rings is 1. The molecule has 0 saturated heterocycles. The van der Waals surface area contributed by atoms with E-state index < -0.39 is 28.4 Å². The van der Waals surface area contributed by atoms with Crippen molar-refractivity contribution in [3.05, 3.63) is 59.0 Å². The van der Waals surface area contributed by atoms with Gasteiger partial charge in [-0.05, 0) is 49.8 Å². The second-order valence-corrected chi connectivity index (χ2v) is 8.51. The van der Waals surface area contributed by atoms with Crippen LogP contribution in [0.4, 0.5) is 20.3 Å². The van der Waals surface area contributed by atoms with Crippen LogP contribution in [0.3, 0.4) is 0 Å². The second kappa shape index (κ2) is 10.9. The summed E-state index contributed by atoms with van der Waals surface area (Å²) in [4.78, 5) is 18.5. The monoisotopic (exact) mass is 452 g/mol. The molecule has 0 saturated carbocycles. The largest absolute Gasteiger partial charge is 0.357 e. The van der Waals surface area contributed by atoms with Crippen molar-refractivity contribution < 1.29 is 22.0 Å². The van der Waals surface area contributed by atoms with Crippen LogP contribution in [0.25, 0.3) is 6.08 Å². The Morgan fingerprint density at radius 1 is 1.19 bits per heavy atom. The maximum atomic E-state index is 14.0. The molecule has 2 N–H and O–H groups in total. The molecule has 0 radical (unpaired) electrons. The molecule has 2 rings (SSSR count). The van der Waals surface area contributed by atoms with E-state index in [1.807, 2.05) is 18.7 Å². The van der Waals surface area contributed by atoms with Gasteiger partial charge in [-0.2, -0.15) is 0 Å². The van der Waals surface area contributed by atoms with Crippen molar-refractivity contribution in [1.29, 1.82) is 0 Å².